The van der Waals surface area contributed by atoms with Crippen molar-refractivity contribution < 1.29 is 28.4 Å². The Kier molecular flexibility index (Phi) is 6.25. The molecule has 0 N–H and O–H groups in total. The minimum Gasteiger partial charge on any atom is -0.493 e. The predicted molar refractivity (Wildman–Crippen MR) is 109 cm³/mol. The zero-order chi connectivity index (χ0) is 22.0. The fourth-order valence-corrected chi connectivity index (χ4v) is 4.07. The van der Waals surface area contributed by atoms with E-state index in [0.29, 0.717) is 29.4 Å². The topological polar surface area (TPSA) is 99.0 Å². The zero-order valence-corrected chi connectivity index (χ0v) is 17.3. The molecule has 0 radical (unpaired) electrons. The van der Waals surface area contributed by atoms with Crippen molar-refractivity contribution in [3.05, 3.63) is 63.0 Å². The smallest absolute Gasteiger partial charge is 0.318 e. The van der Waals surface area contributed by atoms with Gasteiger partial charge in [-0.25, -0.2) is 0 Å². The number of nitro benzene ring substituents is 1. The van der Waals surface area contributed by atoms with Crippen LogP contribution < -0.4 is 9.47 Å². The number of halogens is 1. The first-order valence-corrected chi connectivity index (χ1v) is 10.4. The van der Waals surface area contributed by atoms with Gasteiger partial charge < -0.3 is 9.47 Å². The number of carbonyl (C=O) groups excluding carboxylic acids is 2. The Labute approximate surface area is 176 Å². The van der Waals surface area contributed by atoms with E-state index in [9.17, 15) is 24.1 Å². The van der Waals surface area contributed by atoms with Gasteiger partial charge in [-0.2, -0.15) is 16.2 Å². The monoisotopic (exact) mass is 434 g/mol. The van der Waals surface area contributed by atoms with E-state index < -0.39 is 39.8 Å². The molecule has 2 amide bonds. The number of hydrogen-bond acceptors (Lipinski definition) is 7. The zero-order valence-electron chi connectivity index (χ0n) is 16.5. The lowest BCUT2D eigenvalue weighted by Crippen LogP contribution is -2.35. The van der Waals surface area contributed by atoms with Crippen LogP contribution >= 0.6 is 11.8 Å². The molecule has 0 unspecified atom stereocenters. The normalized spacial score (nSPS) is 13.9. The second-order valence-corrected chi connectivity index (χ2v) is 7.28. The highest BCUT2D eigenvalue weighted by Crippen LogP contribution is 2.40. The summed E-state index contributed by atoms with van der Waals surface area (Å²) in [4.78, 5) is 37.4. The van der Waals surface area contributed by atoms with Gasteiger partial charge in [0.1, 0.15) is 5.56 Å². The summed E-state index contributed by atoms with van der Waals surface area (Å²) in [6, 6.07) is 6.22. The van der Waals surface area contributed by atoms with Gasteiger partial charge in [0, 0.05) is 5.75 Å². The molecule has 1 aliphatic heterocycles. The maximum atomic E-state index is 14.1. The number of imide groups is 1. The van der Waals surface area contributed by atoms with Crippen LogP contribution in [0, 0.1) is 15.9 Å². The van der Waals surface area contributed by atoms with Crippen molar-refractivity contribution in [2.24, 2.45) is 0 Å². The van der Waals surface area contributed by atoms with Crippen LogP contribution in [0.5, 0.6) is 11.5 Å². The molecule has 1 atom stereocenters. The molecular formula is C20H19FN2O6S. The minimum atomic E-state index is -1.16. The molecule has 3 rings (SSSR count). The number of nitro groups is 1. The Morgan fingerprint density at radius 3 is 2.53 bits per heavy atom. The molecule has 1 heterocycles. The molecule has 1 aliphatic rings. The molecule has 0 fully saturated rings. The second kappa shape index (κ2) is 8.70. The first-order chi connectivity index (χ1) is 14.3. The number of carbonyl (C=O) groups is 2. The predicted octanol–water partition coefficient (Wildman–Crippen LogP) is 3.84. The maximum absolute atomic E-state index is 14.1. The van der Waals surface area contributed by atoms with Crippen molar-refractivity contribution in [3.8, 4) is 11.5 Å². The van der Waals surface area contributed by atoms with E-state index in [2.05, 4.69) is 0 Å². The summed E-state index contributed by atoms with van der Waals surface area (Å²) in [6.07, 6.45) is 1.81. The number of rotatable bonds is 8. The Balaban J connectivity index is 2.11. The highest BCUT2D eigenvalue weighted by atomic mass is 32.2. The second-order valence-electron chi connectivity index (χ2n) is 6.37. The minimum absolute atomic E-state index is 0.183. The van der Waals surface area contributed by atoms with Crippen LogP contribution in [0.1, 0.15) is 39.2 Å². The van der Waals surface area contributed by atoms with E-state index in [4.69, 9.17) is 9.47 Å². The molecule has 0 spiro atoms. The third-order valence-electron chi connectivity index (χ3n) is 4.70. The van der Waals surface area contributed by atoms with E-state index in [0.717, 1.165) is 17.0 Å². The molecule has 0 saturated heterocycles. The SMILES string of the molecule is CCOc1cc([C@@H](CSC)N2C(=O)c3ccc(F)c([N+](=O)[O-])c3C2=O)ccc1OC. The van der Waals surface area contributed by atoms with Crippen LogP contribution in [0.25, 0.3) is 0 Å². The van der Waals surface area contributed by atoms with Gasteiger partial charge >= 0.3 is 5.69 Å². The van der Waals surface area contributed by atoms with Gasteiger partial charge in [-0.1, -0.05) is 6.07 Å². The molecule has 10 heteroatoms. The number of methoxy groups -OCH3 is 1. The maximum Gasteiger partial charge on any atom is 0.318 e. The highest BCUT2D eigenvalue weighted by Gasteiger charge is 2.46. The average molecular weight is 434 g/mol. The van der Waals surface area contributed by atoms with Crippen molar-refractivity contribution >= 4 is 29.3 Å². The van der Waals surface area contributed by atoms with Crippen molar-refractivity contribution in [2.45, 2.75) is 13.0 Å². The number of nitrogens with zero attached hydrogens (tertiary/aromatic N) is 2. The number of benzene rings is 2. The van der Waals surface area contributed by atoms with Crippen LogP contribution in [0.4, 0.5) is 10.1 Å². The third kappa shape index (κ3) is 3.58. The molecule has 0 aromatic heterocycles. The van der Waals surface area contributed by atoms with E-state index >= 15 is 0 Å². The lowest BCUT2D eigenvalue weighted by molar-refractivity contribution is -0.387. The number of fused-ring (bicyclic) bond motifs is 1. The number of thioether (sulfide) groups is 1. The third-order valence-corrected chi connectivity index (χ3v) is 5.35. The van der Waals surface area contributed by atoms with E-state index in [1.165, 1.54) is 18.9 Å². The first-order valence-electron chi connectivity index (χ1n) is 9.00. The first kappa shape index (κ1) is 21.6. The highest BCUT2D eigenvalue weighted by molar-refractivity contribution is 7.98. The van der Waals surface area contributed by atoms with Crippen molar-refractivity contribution in [1.82, 2.24) is 4.90 Å². The Morgan fingerprint density at radius 1 is 1.20 bits per heavy atom. The van der Waals surface area contributed by atoms with Gasteiger partial charge in [-0.15, -0.1) is 0 Å². The molecular weight excluding hydrogens is 415 g/mol. The summed E-state index contributed by atoms with van der Waals surface area (Å²) in [5, 5.41) is 11.3. The molecule has 2 aromatic carbocycles. The molecule has 0 bridgehead atoms. The van der Waals surface area contributed by atoms with Crippen molar-refractivity contribution in [1.29, 1.82) is 0 Å². The average Bonchev–Trinajstić information content (AvgIpc) is 2.96. The number of ether oxygens (including phenoxy) is 2. The van der Waals surface area contributed by atoms with Crippen LogP contribution in [0.2, 0.25) is 0 Å². The van der Waals surface area contributed by atoms with Crippen LogP contribution in [0.3, 0.4) is 0 Å². The lowest BCUT2D eigenvalue weighted by Gasteiger charge is -2.26. The van der Waals surface area contributed by atoms with E-state index in [1.807, 2.05) is 6.92 Å². The lowest BCUT2D eigenvalue weighted by atomic mass is 10.1. The van der Waals surface area contributed by atoms with Crippen molar-refractivity contribution in [3.63, 3.8) is 0 Å². The Hall–Kier alpha value is -3.14. The summed E-state index contributed by atoms with van der Waals surface area (Å²) in [5.41, 5.74) is -1.10. The fourth-order valence-electron chi connectivity index (χ4n) is 3.41. The van der Waals surface area contributed by atoms with Crippen molar-refractivity contribution in [2.75, 3.05) is 25.7 Å². The van der Waals surface area contributed by atoms with Crippen LogP contribution in [0.15, 0.2) is 30.3 Å². The summed E-state index contributed by atoms with van der Waals surface area (Å²) in [7, 11) is 1.49. The Morgan fingerprint density at radius 2 is 1.93 bits per heavy atom. The van der Waals surface area contributed by atoms with Gasteiger partial charge in [-0.3, -0.25) is 24.6 Å². The van der Waals surface area contributed by atoms with Gasteiger partial charge in [0.15, 0.2) is 11.5 Å². The van der Waals surface area contributed by atoms with Gasteiger partial charge in [0.05, 0.1) is 30.2 Å². The molecule has 158 valence electrons. The summed E-state index contributed by atoms with van der Waals surface area (Å²) < 4.78 is 24.9. The molecule has 8 nitrogen and oxygen atoms in total. The van der Waals surface area contributed by atoms with Gasteiger partial charge in [0.2, 0.25) is 5.82 Å². The van der Waals surface area contributed by atoms with Gasteiger partial charge in [0.25, 0.3) is 11.8 Å². The summed E-state index contributed by atoms with van der Waals surface area (Å²) in [5.74, 6) is -1.49. The molecule has 30 heavy (non-hydrogen) atoms. The van der Waals surface area contributed by atoms with E-state index in [1.54, 1.807) is 24.5 Å². The molecule has 0 aliphatic carbocycles. The Bertz CT molecular complexity index is 1030. The summed E-state index contributed by atoms with van der Waals surface area (Å²) in [6.45, 7) is 2.19. The van der Waals surface area contributed by atoms with Crippen LogP contribution in [-0.4, -0.2) is 47.4 Å². The van der Waals surface area contributed by atoms with E-state index in [-0.39, 0.29) is 5.56 Å². The largest absolute Gasteiger partial charge is 0.493 e. The van der Waals surface area contributed by atoms with Gasteiger partial charge in [-0.05, 0) is 43.0 Å². The quantitative estimate of drug-likeness (QED) is 0.354. The molecule has 0 saturated carbocycles. The number of amides is 2. The number of hydrogen-bond donors (Lipinski definition) is 0. The fraction of sp³-hybridized carbons (Fsp3) is 0.300. The summed E-state index contributed by atoms with van der Waals surface area (Å²) >= 11 is 1.39. The van der Waals surface area contributed by atoms with Crippen LogP contribution in [-0.2, 0) is 0 Å². The molecule has 2 aromatic rings. The standard InChI is InChI=1S/C20H19FN2O6S/c1-4-29-16-9-11(5-8-15(16)28-2)14(10-30-3)22-19(24)12-6-7-13(21)18(23(26)27)17(12)20(22)25/h5-9,14H,4,10H2,1-3H3/t14-/m1/s1.